The lowest BCUT2D eigenvalue weighted by molar-refractivity contribution is -0.0718. The monoisotopic (exact) mass is 681 g/mol. The molecule has 9 saturated carbocycles. The zero-order valence-electron chi connectivity index (χ0n) is 32.8. The van der Waals surface area contributed by atoms with Crippen molar-refractivity contribution >= 4 is 0 Å². The first-order valence-corrected chi connectivity index (χ1v) is 24.5. The van der Waals surface area contributed by atoms with Gasteiger partial charge in [0.05, 0.1) is 0 Å². The van der Waals surface area contributed by atoms with Gasteiger partial charge in [-0.3, -0.25) is 0 Å². The maximum absolute atomic E-state index is 2.93. The first-order chi connectivity index (χ1) is 24.8. The Bertz CT molecular complexity index is 1140. The molecular weight excluding hydrogens is 601 g/mol. The first-order valence-electron chi connectivity index (χ1n) is 24.5. The van der Waals surface area contributed by atoms with Crippen molar-refractivity contribution in [2.75, 3.05) is 0 Å². The van der Waals surface area contributed by atoms with Gasteiger partial charge in [0.15, 0.2) is 0 Å². The van der Waals surface area contributed by atoms with Crippen LogP contribution in [0.15, 0.2) is 11.6 Å². The van der Waals surface area contributed by atoms with E-state index >= 15 is 0 Å². The minimum Gasteiger partial charge on any atom is -0.0847 e. The van der Waals surface area contributed by atoms with Crippen LogP contribution in [0, 0.1) is 101 Å². The van der Waals surface area contributed by atoms with Crippen molar-refractivity contribution in [3.63, 3.8) is 0 Å². The third kappa shape index (κ3) is 6.49. The molecule has 0 aromatic carbocycles. The summed E-state index contributed by atoms with van der Waals surface area (Å²) in [5, 5.41) is 0. The van der Waals surface area contributed by atoms with E-state index in [2.05, 4.69) is 6.08 Å². The van der Waals surface area contributed by atoms with Gasteiger partial charge in [-0.05, 0) is 216 Å². The summed E-state index contributed by atoms with van der Waals surface area (Å²) >= 11 is 0. The Kier molecular flexibility index (Phi) is 10.3. The standard InChI is InChI=1S/C50H80/c1-2-8-33-11-6-13-42(32-41(33)10-3-1)34-16-18-37(19-17-34)45-28-24-39-27-31-48-46(29-25-40-26-30-47(45)49(39)50(40)48)38-22-20-36(21-23-38)44-15-7-12-35-9-4-5-14-43(35)44/h27,33-38,40-50H,1-26,28-32H2/t33?,34?,35?,36?,37?,38?,40?,41?,42-,43+,44?,45+,46?,47?,48?,49?,50?/m1/s1. The van der Waals surface area contributed by atoms with Crippen molar-refractivity contribution in [1.82, 2.24) is 0 Å². The molecule has 0 heterocycles. The minimum absolute atomic E-state index is 1.03. The molecule has 0 saturated heterocycles. The Morgan fingerprint density at radius 3 is 1.50 bits per heavy atom. The quantitative estimate of drug-likeness (QED) is 0.259. The van der Waals surface area contributed by atoms with Gasteiger partial charge in [-0.2, -0.15) is 0 Å². The van der Waals surface area contributed by atoms with Crippen LogP contribution >= 0.6 is 0 Å². The topological polar surface area (TPSA) is 0 Å². The zero-order valence-corrected chi connectivity index (χ0v) is 32.8. The van der Waals surface area contributed by atoms with Crippen LogP contribution in [0.25, 0.3) is 0 Å². The molecule has 10 aliphatic carbocycles. The molecule has 0 bridgehead atoms. The van der Waals surface area contributed by atoms with Crippen LogP contribution < -0.4 is 0 Å². The maximum atomic E-state index is 2.93. The van der Waals surface area contributed by atoms with Gasteiger partial charge in [-0.1, -0.05) is 95.1 Å². The Balaban J connectivity index is 0.776. The summed E-state index contributed by atoms with van der Waals surface area (Å²) in [6, 6.07) is 0. The Morgan fingerprint density at radius 1 is 0.300 bits per heavy atom. The molecular formula is C50H80. The van der Waals surface area contributed by atoms with E-state index in [0.29, 0.717) is 0 Å². The second-order valence-corrected chi connectivity index (χ2v) is 22.0. The van der Waals surface area contributed by atoms with E-state index in [1.807, 2.05) is 5.57 Å². The van der Waals surface area contributed by atoms with E-state index in [1.165, 1.54) is 19.3 Å². The van der Waals surface area contributed by atoms with Crippen molar-refractivity contribution in [2.45, 2.75) is 199 Å². The van der Waals surface area contributed by atoms with Crippen LogP contribution in [-0.2, 0) is 0 Å². The Labute approximate surface area is 310 Å². The average Bonchev–Trinajstić information content (AvgIpc) is 3.53. The van der Waals surface area contributed by atoms with E-state index in [0.717, 1.165) is 101 Å². The predicted octanol–water partition coefficient (Wildman–Crippen LogP) is 14.6. The SMILES string of the molecule is C1=C2CC[C@@H](C3CCC([C@@H]4CCCC5CCCCCC5C4)CC3)C3CCC4CCC(C5CCC(C6CCCC7CCCC[C@@H]76)CC5)C(C1)C4C23. The molecule has 0 amide bonds. The summed E-state index contributed by atoms with van der Waals surface area (Å²) < 4.78 is 0. The lowest BCUT2D eigenvalue weighted by Crippen LogP contribution is -2.52. The molecule has 280 valence electrons. The van der Waals surface area contributed by atoms with Crippen LogP contribution in [-0.4, -0.2) is 0 Å². The van der Waals surface area contributed by atoms with Crippen molar-refractivity contribution in [3.8, 4) is 0 Å². The minimum atomic E-state index is 1.03. The summed E-state index contributed by atoms with van der Waals surface area (Å²) in [4.78, 5) is 0. The summed E-state index contributed by atoms with van der Waals surface area (Å²) in [5.74, 6) is 18.6. The Hall–Kier alpha value is -0.260. The van der Waals surface area contributed by atoms with Crippen LogP contribution in [0.5, 0.6) is 0 Å². The lowest BCUT2D eigenvalue weighted by Gasteiger charge is -2.60. The number of hydrogen-bond donors (Lipinski definition) is 0. The van der Waals surface area contributed by atoms with E-state index < -0.39 is 0 Å². The molecule has 0 aromatic rings. The molecule has 10 unspecified atom stereocenters. The zero-order chi connectivity index (χ0) is 33.0. The summed E-state index contributed by atoms with van der Waals surface area (Å²) in [7, 11) is 0. The number of rotatable bonds is 4. The molecule has 9 fully saturated rings. The molecule has 0 radical (unpaired) electrons. The highest BCUT2D eigenvalue weighted by Crippen LogP contribution is 2.64. The van der Waals surface area contributed by atoms with Gasteiger partial charge < -0.3 is 0 Å². The van der Waals surface area contributed by atoms with Gasteiger partial charge in [0.25, 0.3) is 0 Å². The Morgan fingerprint density at radius 2 is 0.740 bits per heavy atom. The highest BCUT2D eigenvalue weighted by Gasteiger charge is 2.55. The van der Waals surface area contributed by atoms with Gasteiger partial charge in [-0.25, -0.2) is 0 Å². The van der Waals surface area contributed by atoms with Gasteiger partial charge in [0.1, 0.15) is 0 Å². The molecule has 10 aliphatic rings. The summed E-state index contributed by atoms with van der Waals surface area (Å²) in [6.07, 6.45) is 52.2. The highest BCUT2D eigenvalue weighted by atomic mass is 14.6. The van der Waals surface area contributed by atoms with Crippen molar-refractivity contribution in [3.05, 3.63) is 11.6 Å². The average molecular weight is 681 g/mol. The third-order valence-corrected chi connectivity index (χ3v) is 20.4. The molecule has 0 spiro atoms. The molecule has 10 rings (SSSR count). The van der Waals surface area contributed by atoms with E-state index in [9.17, 15) is 0 Å². The van der Waals surface area contributed by atoms with Gasteiger partial charge >= 0.3 is 0 Å². The van der Waals surface area contributed by atoms with Gasteiger partial charge in [-0.15, -0.1) is 0 Å². The molecule has 0 aliphatic heterocycles. The van der Waals surface area contributed by atoms with E-state index in [4.69, 9.17) is 0 Å². The van der Waals surface area contributed by atoms with Crippen molar-refractivity contribution < 1.29 is 0 Å². The lowest BCUT2D eigenvalue weighted by atomic mass is 9.45. The number of hydrogen-bond acceptors (Lipinski definition) is 0. The van der Waals surface area contributed by atoms with Crippen LogP contribution in [0.1, 0.15) is 199 Å². The van der Waals surface area contributed by atoms with E-state index in [-0.39, 0.29) is 0 Å². The number of fused-ring (bicyclic) bond motifs is 2. The summed E-state index contributed by atoms with van der Waals surface area (Å²) in [6.45, 7) is 0. The predicted molar refractivity (Wildman–Crippen MR) is 211 cm³/mol. The smallest absolute Gasteiger partial charge is 0.0138 e. The van der Waals surface area contributed by atoms with Crippen molar-refractivity contribution in [2.24, 2.45) is 101 Å². The maximum Gasteiger partial charge on any atom is -0.0138 e. The van der Waals surface area contributed by atoms with Crippen LogP contribution in [0.3, 0.4) is 0 Å². The van der Waals surface area contributed by atoms with Gasteiger partial charge in [0.2, 0.25) is 0 Å². The molecule has 50 heavy (non-hydrogen) atoms. The third-order valence-electron chi connectivity index (χ3n) is 20.4. The largest absolute Gasteiger partial charge is 0.0847 e. The second kappa shape index (κ2) is 15.1. The summed E-state index contributed by atoms with van der Waals surface area (Å²) in [5.41, 5.74) is 2.02. The fraction of sp³-hybridized carbons (Fsp3) is 0.960. The molecule has 0 nitrogen and oxygen atoms in total. The fourth-order valence-electron chi connectivity index (χ4n) is 18.3. The number of allylic oxidation sites excluding steroid dienone is 2. The molecule has 0 N–H and O–H groups in total. The molecule has 0 aromatic heterocycles. The fourth-order valence-corrected chi connectivity index (χ4v) is 18.3. The second-order valence-electron chi connectivity index (χ2n) is 22.0. The molecule has 0 heteroatoms. The normalized spacial score (nSPS) is 52.6. The van der Waals surface area contributed by atoms with Crippen LogP contribution in [0.2, 0.25) is 0 Å². The van der Waals surface area contributed by atoms with Crippen LogP contribution in [0.4, 0.5) is 0 Å². The first kappa shape index (κ1) is 34.2. The van der Waals surface area contributed by atoms with Gasteiger partial charge in [0, 0.05) is 0 Å². The van der Waals surface area contributed by atoms with Crippen molar-refractivity contribution in [1.29, 1.82) is 0 Å². The molecule has 13 atom stereocenters. The van der Waals surface area contributed by atoms with E-state index in [1.54, 1.807) is 180 Å². The highest BCUT2D eigenvalue weighted by molar-refractivity contribution is 5.22.